The van der Waals surface area contributed by atoms with Gasteiger partial charge in [0.25, 0.3) is 0 Å². The van der Waals surface area contributed by atoms with Gasteiger partial charge >= 0.3 is 5.97 Å². The molecule has 0 fully saturated rings. The first-order valence-electron chi connectivity index (χ1n) is 13.6. The van der Waals surface area contributed by atoms with Gasteiger partial charge < -0.3 is 10.4 Å². The van der Waals surface area contributed by atoms with E-state index in [0.717, 1.165) is 63.6 Å². The lowest BCUT2D eigenvalue weighted by Crippen LogP contribution is -2.26. The zero-order chi connectivity index (χ0) is 29.1. The molecular formula is C31H32ClN5O3S. The highest BCUT2D eigenvalue weighted by Crippen LogP contribution is 2.39. The van der Waals surface area contributed by atoms with Crippen molar-refractivity contribution < 1.29 is 14.7 Å². The molecule has 1 amide bonds. The average molecular weight is 590 g/mol. The van der Waals surface area contributed by atoms with Crippen molar-refractivity contribution in [2.24, 2.45) is 4.99 Å². The first-order chi connectivity index (χ1) is 19.7. The Morgan fingerprint density at radius 2 is 1.80 bits per heavy atom. The Morgan fingerprint density at radius 1 is 1.05 bits per heavy atom. The number of amides is 1. The van der Waals surface area contributed by atoms with E-state index in [9.17, 15) is 9.59 Å². The van der Waals surface area contributed by atoms with Crippen LogP contribution in [0, 0.1) is 20.8 Å². The second-order valence-corrected chi connectivity index (χ2v) is 11.9. The number of halogens is 1. The van der Waals surface area contributed by atoms with E-state index in [4.69, 9.17) is 21.7 Å². The summed E-state index contributed by atoms with van der Waals surface area (Å²) < 4.78 is 2.04. The van der Waals surface area contributed by atoms with Gasteiger partial charge in [0, 0.05) is 27.6 Å². The van der Waals surface area contributed by atoms with E-state index >= 15 is 0 Å². The lowest BCUT2D eigenvalue weighted by molar-refractivity contribution is -0.136. The van der Waals surface area contributed by atoms with Crippen molar-refractivity contribution >= 4 is 40.5 Å². The van der Waals surface area contributed by atoms with Gasteiger partial charge in [-0.15, -0.1) is 21.5 Å². The van der Waals surface area contributed by atoms with Crippen LogP contribution in [0.1, 0.15) is 69.6 Å². The molecule has 0 radical (unpaired) electrons. The number of benzene rings is 2. The molecule has 0 saturated carbocycles. The van der Waals surface area contributed by atoms with Crippen LogP contribution >= 0.6 is 22.9 Å². The second-order valence-electron chi connectivity index (χ2n) is 10.3. The van der Waals surface area contributed by atoms with Gasteiger partial charge in [0.15, 0.2) is 5.82 Å². The Bertz CT molecular complexity index is 1620. The summed E-state index contributed by atoms with van der Waals surface area (Å²) in [5.41, 5.74) is 5.85. The Hall–Kier alpha value is -3.82. The Kier molecular flexibility index (Phi) is 8.65. The summed E-state index contributed by atoms with van der Waals surface area (Å²) >= 11 is 7.87. The molecule has 3 heterocycles. The third kappa shape index (κ3) is 6.41. The van der Waals surface area contributed by atoms with Crippen molar-refractivity contribution in [3.8, 4) is 5.00 Å². The second kappa shape index (κ2) is 12.4. The molecule has 0 unspecified atom stereocenters. The van der Waals surface area contributed by atoms with Crippen LogP contribution in [-0.4, -0.2) is 44.0 Å². The van der Waals surface area contributed by atoms with E-state index < -0.39 is 12.0 Å². The number of rotatable bonds is 10. The quantitative estimate of drug-likeness (QED) is 0.222. The van der Waals surface area contributed by atoms with E-state index in [1.54, 1.807) is 11.3 Å². The predicted molar refractivity (Wildman–Crippen MR) is 162 cm³/mol. The molecule has 1 aliphatic rings. The first kappa shape index (κ1) is 28.7. The molecule has 10 heteroatoms. The molecule has 4 aromatic rings. The molecule has 5 rings (SSSR count). The summed E-state index contributed by atoms with van der Waals surface area (Å²) in [6, 6.07) is 14.8. The number of carboxylic acid groups (broad SMARTS) is 1. The predicted octanol–water partition coefficient (Wildman–Crippen LogP) is 5.96. The maximum absolute atomic E-state index is 13.1. The van der Waals surface area contributed by atoms with Crippen molar-refractivity contribution in [2.45, 2.75) is 58.9 Å². The van der Waals surface area contributed by atoms with E-state index in [-0.39, 0.29) is 18.7 Å². The van der Waals surface area contributed by atoms with Crippen LogP contribution in [-0.2, 0) is 22.4 Å². The molecule has 0 aliphatic carbocycles. The van der Waals surface area contributed by atoms with Crippen LogP contribution < -0.4 is 5.32 Å². The zero-order valence-corrected chi connectivity index (χ0v) is 24.8. The summed E-state index contributed by atoms with van der Waals surface area (Å²) in [4.78, 5) is 30.5. The molecule has 2 aromatic heterocycles. The molecule has 1 aliphatic heterocycles. The molecule has 8 nitrogen and oxygen atoms in total. The van der Waals surface area contributed by atoms with E-state index in [2.05, 4.69) is 29.4 Å². The molecule has 0 saturated heterocycles. The number of thiophene rings is 1. The van der Waals surface area contributed by atoms with Crippen LogP contribution in [0.15, 0.2) is 53.5 Å². The minimum atomic E-state index is -0.836. The molecule has 0 bridgehead atoms. The third-order valence-corrected chi connectivity index (χ3v) is 8.74. The average Bonchev–Trinajstić information content (AvgIpc) is 3.41. The molecule has 2 N–H and O–H groups in total. The van der Waals surface area contributed by atoms with Crippen molar-refractivity contribution in [1.82, 2.24) is 20.1 Å². The fourth-order valence-electron chi connectivity index (χ4n) is 5.13. The van der Waals surface area contributed by atoms with Crippen LogP contribution in [0.4, 0.5) is 0 Å². The van der Waals surface area contributed by atoms with Crippen LogP contribution in [0.2, 0.25) is 5.02 Å². The number of carboxylic acids is 1. The number of aryl methyl sites for hydroxylation is 3. The van der Waals surface area contributed by atoms with E-state index in [0.29, 0.717) is 17.4 Å². The standard InChI is InChI=1S/C31H32ClN5O3S/c1-18-19(2)41-31-28(18)29(23-10-12-24(32)13-11-23)34-25(30-36-35-20(3)37(30)31)17-26(38)33-14-5-4-7-21-8-6-9-22(15-21)16-27(39)40/h6,8-13,15,25H,4-5,7,14,16-17H2,1-3H3,(H,33,38)(H,39,40)/t25-/m0/s1. The van der Waals surface area contributed by atoms with Crippen molar-refractivity contribution in [3.63, 3.8) is 0 Å². The molecule has 2 aromatic carbocycles. The number of fused-ring (bicyclic) bond motifs is 3. The lowest BCUT2D eigenvalue weighted by Gasteiger charge is -2.13. The molecular weight excluding hydrogens is 558 g/mol. The van der Waals surface area contributed by atoms with Crippen molar-refractivity contribution in [3.05, 3.63) is 97.9 Å². The largest absolute Gasteiger partial charge is 0.481 e. The van der Waals surface area contributed by atoms with Gasteiger partial charge in [-0.1, -0.05) is 48.0 Å². The number of unbranched alkanes of at least 4 members (excludes halogenated alkanes) is 1. The highest BCUT2D eigenvalue weighted by atomic mass is 35.5. The van der Waals surface area contributed by atoms with E-state index in [1.807, 2.05) is 60.0 Å². The topological polar surface area (TPSA) is 109 Å². The highest BCUT2D eigenvalue weighted by molar-refractivity contribution is 7.15. The number of carbonyl (C=O) groups is 2. The highest BCUT2D eigenvalue weighted by Gasteiger charge is 2.32. The third-order valence-electron chi connectivity index (χ3n) is 7.30. The Balaban J connectivity index is 1.30. The van der Waals surface area contributed by atoms with Gasteiger partial charge in [-0.3, -0.25) is 19.1 Å². The Morgan fingerprint density at radius 3 is 2.56 bits per heavy atom. The number of hydrogen-bond acceptors (Lipinski definition) is 6. The Labute approximate surface area is 248 Å². The maximum atomic E-state index is 13.1. The summed E-state index contributed by atoms with van der Waals surface area (Å²) in [5.74, 6) is 0.485. The summed E-state index contributed by atoms with van der Waals surface area (Å²) in [6.45, 7) is 6.67. The summed E-state index contributed by atoms with van der Waals surface area (Å²) in [6.07, 6.45) is 2.69. The van der Waals surface area contributed by atoms with E-state index in [1.165, 1.54) is 4.88 Å². The first-order valence-corrected chi connectivity index (χ1v) is 14.8. The van der Waals surface area contributed by atoms with Crippen LogP contribution in [0.25, 0.3) is 5.00 Å². The van der Waals surface area contributed by atoms with Gasteiger partial charge in [0.1, 0.15) is 16.9 Å². The van der Waals surface area contributed by atoms with Gasteiger partial charge in [-0.05, 0) is 68.9 Å². The fourth-order valence-corrected chi connectivity index (χ4v) is 6.47. The van der Waals surface area contributed by atoms with Crippen molar-refractivity contribution in [1.29, 1.82) is 0 Å². The number of aromatic nitrogens is 3. The number of carbonyl (C=O) groups excluding carboxylic acids is 1. The number of nitrogens with zero attached hydrogens (tertiary/aromatic N) is 4. The van der Waals surface area contributed by atoms with Crippen molar-refractivity contribution in [2.75, 3.05) is 6.54 Å². The maximum Gasteiger partial charge on any atom is 0.307 e. The molecule has 0 spiro atoms. The van der Waals surface area contributed by atoms with Crippen LogP contribution in [0.3, 0.4) is 0 Å². The number of hydrogen-bond donors (Lipinski definition) is 2. The number of aliphatic imine (C=N–C) groups is 1. The smallest absolute Gasteiger partial charge is 0.307 e. The lowest BCUT2D eigenvalue weighted by atomic mass is 9.99. The monoisotopic (exact) mass is 589 g/mol. The summed E-state index contributed by atoms with van der Waals surface area (Å²) in [7, 11) is 0. The van der Waals surface area contributed by atoms with Crippen LogP contribution in [0.5, 0.6) is 0 Å². The van der Waals surface area contributed by atoms with Gasteiger partial charge in [-0.25, -0.2) is 0 Å². The fraction of sp³-hybridized carbons (Fsp3) is 0.323. The normalized spacial score (nSPS) is 14.1. The minimum Gasteiger partial charge on any atom is -0.481 e. The number of aliphatic carboxylic acids is 1. The van der Waals surface area contributed by atoms with Gasteiger partial charge in [-0.2, -0.15) is 0 Å². The zero-order valence-electron chi connectivity index (χ0n) is 23.3. The minimum absolute atomic E-state index is 0.0211. The number of nitrogens with one attached hydrogen (secondary N) is 1. The molecule has 1 atom stereocenters. The SMILES string of the molecule is Cc1sc2c(c1C)C(c1ccc(Cl)cc1)=N[C@@H](CC(=O)NCCCCc1cccc(CC(=O)O)c1)c1nnc(C)n1-2. The van der Waals surface area contributed by atoms with Gasteiger partial charge in [0.2, 0.25) is 5.91 Å². The summed E-state index contributed by atoms with van der Waals surface area (Å²) in [5, 5.41) is 22.6. The molecule has 41 heavy (non-hydrogen) atoms. The molecule has 212 valence electrons. The van der Waals surface area contributed by atoms with Gasteiger partial charge in [0.05, 0.1) is 18.6 Å².